The molecular formula is C21H21N3O3S. The van der Waals surface area contributed by atoms with Crippen LogP contribution in [0.15, 0.2) is 71.9 Å². The molecule has 3 aromatic rings. The summed E-state index contributed by atoms with van der Waals surface area (Å²) in [6.07, 6.45) is 3.32. The highest BCUT2D eigenvalue weighted by Gasteiger charge is 2.20. The summed E-state index contributed by atoms with van der Waals surface area (Å²) in [4.78, 5) is 16.8. The Balaban J connectivity index is 1.83. The van der Waals surface area contributed by atoms with Gasteiger partial charge >= 0.3 is 0 Å². The van der Waals surface area contributed by atoms with Crippen molar-refractivity contribution in [1.29, 1.82) is 0 Å². The highest BCUT2D eigenvalue weighted by atomic mass is 32.2. The predicted molar refractivity (Wildman–Crippen MR) is 109 cm³/mol. The van der Waals surface area contributed by atoms with Gasteiger partial charge in [-0.1, -0.05) is 30.3 Å². The predicted octanol–water partition coefficient (Wildman–Crippen LogP) is 3.43. The Morgan fingerprint density at radius 3 is 2.57 bits per heavy atom. The number of pyridine rings is 1. The van der Waals surface area contributed by atoms with E-state index >= 15 is 0 Å². The zero-order chi connectivity index (χ0) is 20.1. The van der Waals surface area contributed by atoms with E-state index in [9.17, 15) is 13.2 Å². The number of aryl methyl sites for hydroxylation is 2. The molecule has 0 fully saturated rings. The number of aromatic nitrogens is 1. The van der Waals surface area contributed by atoms with Crippen molar-refractivity contribution in [3.05, 3.63) is 89.2 Å². The molecule has 7 heteroatoms. The number of anilines is 1. The molecule has 0 saturated carbocycles. The van der Waals surface area contributed by atoms with Gasteiger partial charge in [0, 0.05) is 18.9 Å². The van der Waals surface area contributed by atoms with Gasteiger partial charge in [0.2, 0.25) is 0 Å². The van der Waals surface area contributed by atoms with Gasteiger partial charge in [0.1, 0.15) is 0 Å². The first-order valence-electron chi connectivity index (χ1n) is 8.73. The summed E-state index contributed by atoms with van der Waals surface area (Å²) in [6.45, 7) is 3.86. The van der Waals surface area contributed by atoms with Crippen LogP contribution in [-0.2, 0) is 16.6 Å². The molecule has 0 atom stereocenters. The van der Waals surface area contributed by atoms with Gasteiger partial charge in [-0.25, -0.2) is 8.42 Å². The van der Waals surface area contributed by atoms with Crippen LogP contribution >= 0.6 is 0 Å². The molecule has 0 unspecified atom stereocenters. The van der Waals surface area contributed by atoms with Crippen LogP contribution in [0.25, 0.3) is 0 Å². The minimum Gasteiger partial charge on any atom is -0.348 e. The molecule has 3 rings (SSSR count). The molecule has 0 aliphatic heterocycles. The Morgan fingerprint density at radius 2 is 1.82 bits per heavy atom. The smallest absolute Gasteiger partial charge is 0.262 e. The van der Waals surface area contributed by atoms with Gasteiger partial charge in [-0.15, -0.1) is 0 Å². The molecular weight excluding hydrogens is 374 g/mol. The largest absolute Gasteiger partial charge is 0.348 e. The summed E-state index contributed by atoms with van der Waals surface area (Å²) in [5.41, 5.74) is 2.81. The third-order valence-electron chi connectivity index (χ3n) is 4.23. The summed E-state index contributed by atoms with van der Waals surface area (Å²) in [5, 5.41) is 2.79. The second kappa shape index (κ2) is 8.22. The zero-order valence-corrected chi connectivity index (χ0v) is 16.5. The van der Waals surface area contributed by atoms with Crippen molar-refractivity contribution in [2.24, 2.45) is 0 Å². The van der Waals surface area contributed by atoms with Crippen molar-refractivity contribution in [2.75, 3.05) is 4.72 Å². The quantitative estimate of drug-likeness (QED) is 0.669. The second-order valence-corrected chi connectivity index (χ2v) is 8.11. The first kappa shape index (κ1) is 19.6. The van der Waals surface area contributed by atoms with Crippen molar-refractivity contribution < 1.29 is 13.2 Å². The van der Waals surface area contributed by atoms with Crippen molar-refractivity contribution in [3.8, 4) is 0 Å². The molecule has 28 heavy (non-hydrogen) atoms. The van der Waals surface area contributed by atoms with Crippen molar-refractivity contribution in [2.45, 2.75) is 25.3 Å². The fourth-order valence-corrected chi connectivity index (χ4v) is 4.16. The van der Waals surface area contributed by atoms with E-state index in [0.29, 0.717) is 12.1 Å². The summed E-state index contributed by atoms with van der Waals surface area (Å²) in [7, 11) is -3.83. The third-order valence-corrected chi connectivity index (χ3v) is 5.73. The van der Waals surface area contributed by atoms with Crippen LogP contribution in [-0.4, -0.2) is 19.3 Å². The van der Waals surface area contributed by atoms with Crippen LogP contribution in [0, 0.1) is 13.8 Å². The molecule has 6 nitrogen and oxygen atoms in total. The molecule has 0 bridgehead atoms. The maximum atomic E-state index is 12.9. The minimum atomic E-state index is -3.83. The van der Waals surface area contributed by atoms with Gasteiger partial charge in [-0.2, -0.15) is 0 Å². The normalized spacial score (nSPS) is 11.1. The Hall–Kier alpha value is -3.19. The molecule has 0 aliphatic carbocycles. The average molecular weight is 395 g/mol. The fourth-order valence-electron chi connectivity index (χ4n) is 2.75. The first-order chi connectivity index (χ1) is 13.4. The van der Waals surface area contributed by atoms with Gasteiger partial charge in [-0.05, 0) is 54.8 Å². The highest BCUT2D eigenvalue weighted by Crippen LogP contribution is 2.23. The van der Waals surface area contributed by atoms with Crippen LogP contribution in [0.1, 0.15) is 27.0 Å². The molecule has 0 saturated heterocycles. The number of sulfonamides is 1. The van der Waals surface area contributed by atoms with Crippen LogP contribution in [0.2, 0.25) is 0 Å². The molecule has 2 aromatic carbocycles. The molecule has 0 radical (unpaired) electrons. The topological polar surface area (TPSA) is 88.2 Å². The van der Waals surface area contributed by atoms with Crippen molar-refractivity contribution >= 4 is 21.6 Å². The summed E-state index contributed by atoms with van der Waals surface area (Å²) < 4.78 is 28.3. The molecule has 1 heterocycles. The number of hydrogen-bond donors (Lipinski definition) is 2. The van der Waals surface area contributed by atoms with Crippen LogP contribution in [0.5, 0.6) is 0 Å². The summed E-state index contributed by atoms with van der Waals surface area (Å²) in [5.74, 6) is -0.372. The van der Waals surface area contributed by atoms with Crippen LogP contribution < -0.4 is 10.0 Å². The molecule has 144 valence electrons. The standard InChI is InChI=1S/C21H21N3O3S/c1-15-9-10-16(2)20(12-15)28(26,27)24-19-8-4-3-7-18(19)21(25)23-14-17-6-5-11-22-13-17/h3-13,24H,14H2,1-2H3,(H,23,25). The van der Waals surface area contributed by atoms with Gasteiger partial charge in [0.15, 0.2) is 0 Å². The van der Waals surface area contributed by atoms with Crippen LogP contribution in [0.3, 0.4) is 0 Å². The van der Waals surface area contributed by atoms with Gasteiger partial charge < -0.3 is 5.32 Å². The van der Waals surface area contributed by atoms with Crippen LogP contribution in [0.4, 0.5) is 5.69 Å². The zero-order valence-electron chi connectivity index (χ0n) is 15.6. The van der Waals surface area contributed by atoms with Crippen molar-refractivity contribution in [3.63, 3.8) is 0 Å². The Morgan fingerprint density at radius 1 is 1.04 bits per heavy atom. The third kappa shape index (κ3) is 4.55. The van der Waals surface area contributed by atoms with E-state index < -0.39 is 10.0 Å². The van der Waals surface area contributed by atoms with E-state index in [4.69, 9.17) is 0 Å². The first-order valence-corrected chi connectivity index (χ1v) is 10.2. The average Bonchev–Trinajstić information content (AvgIpc) is 2.69. The van der Waals surface area contributed by atoms with E-state index in [2.05, 4.69) is 15.0 Å². The molecule has 1 aromatic heterocycles. The number of carbonyl (C=O) groups is 1. The van der Waals surface area contributed by atoms with E-state index in [-0.39, 0.29) is 22.1 Å². The maximum Gasteiger partial charge on any atom is 0.262 e. The maximum absolute atomic E-state index is 12.9. The lowest BCUT2D eigenvalue weighted by Gasteiger charge is -2.14. The molecule has 2 N–H and O–H groups in total. The summed E-state index contributed by atoms with van der Waals surface area (Å²) in [6, 6.07) is 15.4. The minimum absolute atomic E-state index is 0.193. The van der Waals surface area contributed by atoms with E-state index in [0.717, 1.165) is 11.1 Å². The van der Waals surface area contributed by atoms with Gasteiger partial charge in [0.05, 0.1) is 16.1 Å². The monoisotopic (exact) mass is 395 g/mol. The number of rotatable bonds is 6. The van der Waals surface area contributed by atoms with Gasteiger partial charge in [0.25, 0.3) is 15.9 Å². The Bertz CT molecular complexity index is 1100. The van der Waals surface area contributed by atoms with E-state index in [1.54, 1.807) is 61.8 Å². The van der Waals surface area contributed by atoms with Crippen molar-refractivity contribution in [1.82, 2.24) is 10.3 Å². The number of benzene rings is 2. The Kier molecular flexibility index (Phi) is 5.75. The lowest BCUT2D eigenvalue weighted by molar-refractivity contribution is 0.0952. The SMILES string of the molecule is Cc1ccc(C)c(S(=O)(=O)Nc2ccccc2C(=O)NCc2cccnc2)c1. The number of amides is 1. The fraction of sp³-hybridized carbons (Fsp3) is 0.143. The van der Waals surface area contributed by atoms with E-state index in [1.807, 2.05) is 19.1 Å². The highest BCUT2D eigenvalue weighted by molar-refractivity contribution is 7.92. The van der Waals surface area contributed by atoms with Gasteiger partial charge in [-0.3, -0.25) is 14.5 Å². The molecule has 1 amide bonds. The summed E-state index contributed by atoms with van der Waals surface area (Å²) >= 11 is 0. The lowest BCUT2D eigenvalue weighted by atomic mass is 10.1. The second-order valence-electron chi connectivity index (χ2n) is 6.46. The number of hydrogen-bond acceptors (Lipinski definition) is 4. The number of nitrogens with one attached hydrogen (secondary N) is 2. The lowest BCUT2D eigenvalue weighted by Crippen LogP contribution is -2.25. The van der Waals surface area contributed by atoms with E-state index in [1.165, 1.54) is 0 Å². The number of carbonyl (C=O) groups excluding carboxylic acids is 1. The molecule has 0 spiro atoms. The Labute approximate surface area is 164 Å². The molecule has 0 aliphatic rings. The number of nitrogens with zero attached hydrogens (tertiary/aromatic N) is 1. The number of para-hydroxylation sites is 1.